The molecule has 0 aromatic heterocycles. The number of ketones is 1. The van der Waals surface area contributed by atoms with Crippen LogP contribution < -0.4 is 0 Å². The molecule has 81 valence electrons. The smallest absolute Gasteiger partial charge is 0.209 e. The van der Waals surface area contributed by atoms with Crippen LogP contribution in [0.5, 0.6) is 0 Å². The highest BCUT2D eigenvalue weighted by Crippen LogP contribution is 2.39. The van der Waals surface area contributed by atoms with Crippen molar-refractivity contribution in [2.45, 2.75) is 32.2 Å². The Bertz CT molecular complexity index is 344. The first-order valence-corrected chi connectivity index (χ1v) is 5.44. The van der Waals surface area contributed by atoms with E-state index in [1.165, 1.54) is 0 Å². The molecule has 4 nitrogen and oxygen atoms in total. The molecule has 0 aromatic carbocycles. The Morgan fingerprint density at radius 1 is 1.80 bits per heavy atom. The molecule has 1 radical (unpaired) electrons. The average molecular weight is 229 g/mol. The van der Waals surface area contributed by atoms with Gasteiger partial charge in [0, 0.05) is 25.8 Å². The summed E-state index contributed by atoms with van der Waals surface area (Å²) >= 11 is 0.930. The fourth-order valence-corrected chi connectivity index (χ4v) is 1.98. The van der Waals surface area contributed by atoms with Gasteiger partial charge in [-0.3, -0.25) is 4.79 Å². The lowest BCUT2D eigenvalue weighted by molar-refractivity contribution is -0.151. The standard InChI is InChI=1S/C9H12BO4S/c1-9(2)13-7-5(4-12-15-10)3-6(11)8(7)14-9/h8,10H,3-4H2,1-2H3/i10T. The Morgan fingerprint density at radius 2 is 2.60 bits per heavy atom. The van der Waals surface area contributed by atoms with Gasteiger partial charge in [-0.2, -0.15) is 0 Å². The lowest BCUT2D eigenvalue weighted by Gasteiger charge is -2.17. The summed E-state index contributed by atoms with van der Waals surface area (Å²) in [6.07, 6.45) is -0.243. The van der Waals surface area contributed by atoms with Gasteiger partial charge >= 0.3 is 0 Å². The van der Waals surface area contributed by atoms with E-state index >= 15 is 0 Å². The van der Waals surface area contributed by atoms with E-state index in [1.54, 1.807) is 13.8 Å². The summed E-state index contributed by atoms with van der Waals surface area (Å²) in [6.45, 7) is 3.84. The molecule has 2 aliphatic rings. The van der Waals surface area contributed by atoms with Crippen molar-refractivity contribution in [2.75, 3.05) is 6.61 Å². The van der Waals surface area contributed by atoms with Gasteiger partial charge in [-0.1, -0.05) is 11.9 Å². The van der Waals surface area contributed by atoms with Crippen molar-refractivity contribution in [3.05, 3.63) is 11.3 Å². The summed E-state index contributed by atoms with van der Waals surface area (Å²) < 4.78 is 23.0. The van der Waals surface area contributed by atoms with E-state index in [0.29, 0.717) is 12.2 Å². The van der Waals surface area contributed by atoms with E-state index in [1.807, 2.05) is 0 Å². The molecule has 15 heavy (non-hydrogen) atoms. The number of hydrogen-bond acceptors (Lipinski definition) is 5. The summed E-state index contributed by atoms with van der Waals surface area (Å²) in [7, 11) is 1.09. The van der Waals surface area contributed by atoms with Crippen molar-refractivity contribution in [1.82, 2.24) is 0 Å². The number of rotatable bonds is 4. The van der Waals surface area contributed by atoms with E-state index in [-0.39, 0.29) is 12.4 Å². The van der Waals surface area contributed by atoms with Crippen LogP contribution in [0.15, 0.2) is 11.3 Å². The van der Waals surface area contributed by atoms with Gasteiger partial charge in [-0.05, 0) is 1.34 Å². The zero-order chi connectivity index (χ0) is 11.8. The van der Waals surface area contributed by atoms with Crippen LogP contribution in [0.4, 0.5) is 0 Å². The van der Waals surface area contributed by atoms with Crippen LogP contribution in [0, 0.1) is 0 Å². The van der Waals surface area contributed by atoms with E-state index in [2.05, 4.69) is 0 Å². The average Bonchev–Trinajstić information content (AvgIpc) is 2.64. The minimum Gasteiger partial charge on any atom is -0.464 e. The molecule has 6 heteroatoms. The molecular weight excluding hydrogens is 215 g/mol. The fraction of sp³-hybridized carbons (Fsp3) is 0.667. The van der Waals surface area contributed by atoms with Gasteiger partial charge < -0.3 is 13.7 Å². The van der Waals surface area contributed by atoms with E-state index < -0.39 is 11.9 Å². The molecule has 1 unspecified atom stereocenters. The molecule has 1 atom stereocenters. The lowest BCUT2D eigenvalue weighted by atomic mass is 10.2. The first-order chi connectivity index (χ1) is 7.53. The maximum Gasteiger partial charge on any atom is 0.209 e. The highest BCUT2D eigenvalue weighted by atomic mass is 32.2. The van der Waals surface area contributed by atoms with Gasteiger partial charge in [0.15, 0.2) is 11.9 Å². The highest BCUT2D eigenvalue weighted by molar-refractivity contribution is 8.15. The maximum atomic E-state index is 11.6. The van der Waals surface area contributed by atoms with Crippen molar-refractivity contribution in [1.29, 1.82) is 1.34 Å². The Kier molecular flexibility index (Phi) is 2.50. The Balaban J connectivity index is 2.07. The van der Waals surface area contributed by atoms with Crippen molar-refractivity contribution in [2.24, 2.45) is 0 Å². The quantitative estimate of drug-likeness (QED) is 0.406. The summed E-state index contributed by atoms with van der Waals surface area (Å²) in [5.41, 5.74) is 0.815. The van der Waals surface area contributed by atoms with Crippen LogP contribution in [-0.2, 0) is 18.5 Å². The summed E-state index contributed by atoms with van der Waals surface area (Å²) in [5, 5.41) is 0. The Morgan fingerprint density at radius 3 is 3.33 bits per heavy atom. The third-order valence-electron chi connectivity index (χ3n) is 2.33. The summed E-state index contributed by atoms with van der Waals surface area (Å²) in [5.74, 6) is -0.129. The number of fused-ring (bicyclic) bond motifs is 1. The second-order valence-corrected chi connectivity index (χ2v) is 4.40. The summed E-state index contributed by atoms with van der Waals surface area (Å²) in [4.78, 5) is 11.6. The third kappa shape index (κ3) is 2.07. The van der Waals surface area contributed by atoms with Gasteiger partial charge in [-0.25, -0.2) is 0 Å². The van der Waals surface area contributed by atoms with Gasteiger partial charge in [0.25, 0.3) is 0 Å². The van der Waals surface area contributed by atoms with E-state index in [9.17, 15) is 4.79 Å². The van der Waals surface area contributed by atoms with Gasteiger partial charge in [0.1, 0.15) is 5.76 Å². The highest BCUT2D eigenvalue weighted by Gasteiger charge is 2.47. The third-order valence-corrected chi connectivity index (χ3v) is 2.58. The summed E-state index contributed by atoms with van der Waals surface area (Å²) in [6, 6.07) is 0. The molecule has 1 fully saturated rings. The minimum atomic E-state index is -0.740. The normalized spacial score (nSPS) is 28.8. The van der Waals surface area contributed by atoms with Crippen molar-refractivity contribution < 1.29 is 18.5 Å². The second-order valence-electron chi connectivity index (χ2n) is 3.97. The van der Waals surface area contributed by atoms with Crippen LogP contribution in [0.3, 0.4) is 0 Å². The van der Waals surface area contributed by atoms with Crippen LogP contribution in [-0.4, -0.2) is 32.7 Å². The van der Waals surface area contributed by atoms with Gasteiger partial charge in [0.05, 0.1) is 6.61 Å². The van der Waals surface area contributed by atoms with Gasteiger partial charge in [-0.15, -0.1) is 0 Å². The molecule has 2 rings (SSSR count). The van der Waals surface area contributed by atoms with Crippen LogP contribution in [0.1, 0.15) is 20.3 Å². The van der Waals surface area contributed by atoms with E-state index in [4.69, 9.17) is 15.0 Å². The topological polar surface area (TPSA) is 44.8 Å². The van der Waals surface area contributed by atoms with Crippen LogP contribution >= 0.6 is 11.9 Å². The largest absolute Gasteiger partial charge is 0.464 e. The molecule has 0 N–H and O–H groups in total. The molecule has 0 saturated carbocycles. The number of hydrogen-bond donors (Lipinski definition) is 0. The van der Waals surface area contributed by atoms with Crippen LogP contribution in [0.2, 0.25) is 0 Å². The van der Waals surface area contributed by atoms with Crippen molar-refractivity contribution >= 4 is 24.8 Å². The first kappa shape index (κ1) is 9.75. The maximum absolute atomic E-state index is 11.6. The Labute approximate surface area is 95.2 Å². The van der Waals surface area contributed by atoms with E-state index in [0.717, 1.165) is 24.6 Å². The first-order valence-electron chi connectivity index (χ1n) is 5.21. The second kappa shape index (κ2) is 3.85. The lowest BCUT2D eigenvalue weighted by Crippen LogP contribution is -2.25. The van der Waals surface area contributed by atoms with Gasteiger partial charge in [0.2, 0.25) is 12.9 Å². The number of Topliss-reactive ketones (excluding diaryl/α,β-unsaturated/α-hetero) is 1. The molecule has 0 bridgehead atoms. The van der Waals surface area contributed by atoms with Crippen LogP contribution in [0.25, 0.3) is 0 Å². The number of carbonyl (C=O) groups excluding carboxylic acids is 1. The molecule has 1 aliphatic carbocycles. The predicted octanol–water partition coefficient (Wildman–Crippen LogP) is 0.845. The zero-order valence-corrected chi connectivity index (χ0v) is 9.43. The number of carbonyl (C=O) groups is 1. The molecular formula is C9H12BO4S. The minimum absolute atomic E-state index is 0.0130. The molecule has 0 aromatic rings. The molecule has 1 aliphatic heterocycles. The monoisotopic (exact) mass is 229 g/mol. The molecule has 0 amide bonds. The fourth-order valence-electron chi connectivity index (χ4n) is 1.77. The molecule has 0 spiro atoms. The SMILES string of the molecule is [3H][B]SOCC1=C2OC(C)(C)OC2C(=O)C1. The van der Waals surface area contributed by atoms with Crippen molar-refractivity contribution in [3.8, 4) is 0 Å². The predicted molar refractivity (Wildman–Crippen MR) is 57.4 cm³/mol. The molecule has 1 saturated heterocycles. The Hall–Kier alpha value is -0.455. The zero-order valence-electron chi connectivity index (χ0n) is 9.61. The number of ether oxygens (including phenoxy) is 2. The molecule has 1 heterocycles. The van der Waals surface area contributed by atoms with Crippen molar-refractivity contribution in [3.63, 3.8) is 0 Å².